The summed E-state index contributed by atoms with van der Waals surface area (Å²) in [6.45, 7) is 3.61. The molecule has 0 amide bonds. The number of piperidine rings is 1. The topological polar surface area (TPSA) is 74.6 Å². The third-order valence-corrected chi connectivity index (χ3v) is 4.09. The van der Waals surface area contributed by atoms with E-state index >= 15 is 0 Å². The number of hydrogen-bond donors (Lipinski definition) is 1. The minimum absolute atomic E-state index is 0.00233. The van der Waals surface area contributed by atoms with Crippen LogP contribution in [0.2, 0.25) is 5.28 Å². The van der Waals surface area contributed by atoms with Gasteiger partial charge < -0.3 is 19.6 Å². The van der Waals surface area contributed by atoms with Crippen LogP contribution in [0.4, 0.5) is 11.9 Å². The number of aliphatic hydroxyl groups is 1. The van der Waals surface area contributed by atoms with Gasteiger partial charge in [-0.1, -0.05) is 0 Å². The lowest BCUT2D eigenvalue weighted by molar-refractivity contribution is 0.0718. The lowest BCUT2D eigenvalue weighted by atomic mass is 10.1. The molecule has 2 aliphatic heterocycles. The third kappa shape index (κ3) is 3.36. The average molecular weight is 314 g/mol. The average Bonchev–Trinajstić information content (AvgIpc) is 2.55. The first-order chi connectivity index (χ1) is 10.3. The van der Waals surface area contributed by atoms with Crippen molar-refractivity contribution in [2.75, 3.05) is 49.3 Å². The van der Waals surface area contributed by atoms with E-state index in [-0.39, 0.29) is 17.9 Å². The summed E-state index contributed by atoms with van der Waals surface area (Å²) in [5.74, 6) is 1.16. The molecular formula is C13H20ClN5O2. The van der Waals surface area contributed by atoms with Crippen LogP contribution in [0.5, 0.6) is 0 Å². The zero-order valence-corrected chi connectivity index (χ0v) is 12.7. The molecule has 0 radical (unpaired) electrons. The Labute approximate surface area is 128 Å². The van der Waals surface area contributed by atoms with Crippen LogP contribution in [0.15, 0.2) is 0 Å². The zero-order chi connectivity index (χ0) is 14.7. The second-order valence-electron chi connectivity index (χ2n) is 5.36. The molecule has 1 unspecified atom stereocenters. The van der Waals surface area contributed by atoms with E-state index < -0.39 is 0 Å². The van der Waals surface area contributed by atoms with E-state index in [0.717, 1.165) is 25.9 Å². The van der Waals surface area contributed by atoms with Crippen LogP contribution in [0.1, 0.15) is 19.3 Å². The fourth-order valence-electron chi connectivity index (χ4n) is 2.76. The molecule has 2 saturated heterocycles. The second kappa shape index (κ2) is 6.72. The fourth-order valence-corrected chi connectivity index (χ4v) is 2.91. The first-order valence-corrected chi connectivity index (χ1v) is 7.77. The first-order valence-electron chi connectivity index (χ1n) is 7.39. The van der Waals surface area contributed by atoms with Gasteiger partial charge in [-0.2, -0.15) is 15.0 Å². The Hall–Kier alpha value is -1.18. The molecular weight excluding hydrogens is 294 g/mol. The summed E-state index contributed by atoms with van der Waals surface area (Å²) >= 11 is 6.07. The smallest absolute Gasteiger partial charge is 0.231 e. The van der Waals surface area contributed by atoms with Gasteiger partial charge in [-0.05, 0) is 30.9 Å². The summed E-state index contributed by atoms with van der Waals surface area (Å²) in [5.41, 5.74) is 0. The fraction of sp³-hybridized carbons (Fsp3) is 0.769. The second-order valence-corrected chi connectivity index (χ2v) is 5.69. The van der Waals surface area contributed by atoms with E-state index in [1.807, 2.05) is 4.90 Å². The van der Waals surface area contributed by atoms with Crippen molar-refractivity contribution in [1.82, 2.24) is 15.0 Å². The van der Waals surface area contributed by atoms with Crippen LogP contribution in [0.3, 0.4) is 0 Å². The number of nitrogens with zero attached hydrogens (tertiary/aromatic N) is 5. The van der Waals surface area contributed by atoms with Gasteiger partial charge in [0.1, 0.15) is 0 Å². The largest absolute Gasteiger partial charge is 0.394 e. The van der Waals surface area contributed by atoms with Crippen LogP contribution in [-0.2, 0) is 4.74 Å². The monoisotopic (exact) mass is 313 g/mol. The Bertz CT molecular complexity index is 484. The lowest BCUT2D eigenvalue weighted by Crippen LogP contribution is -2.48. The van der Waals surface area contributed by atoms with E-state index in [1.165, 1.54) is 6.42 Å². The van der Waals surface area contributed by atoms with E-state index in [2.05, 4.69) is 19.9 Å². The van der Waals surface area contributed by atoms with Gasteiger partial charge in [0.2, 0.25) is 17.2 Å². The summed E-state index contributed by atoms with van der Waals surface area (Å²) in [6, 6.07) is -0.133. The summed E-state index contributed by atoms with van der Waals surface area (Å²) in [7, 11) is 0. The van der Waals surface area contributed by atoms with Gasteiger partial charge in [-0.25, -0.2) is 0 Å². The molecule has 1 N–H and O–H groups in total. The molecule has 21 heavy (non-hydrogen) atoms. The molecule has 116 valence electrons. The molecule has 1 aromatic heterocycles. The highest BCUT2D eigenvalue weighted by atomic mass is 35.5. The van der Waals surface area contributed by atoms with Crippen molar-refractivity contribution in [2.24, 2.45) is 0 Å². The predicted molar refractivity (Wildman–Crippen MR) is 79.9 cm³/mol. The Morgan fingerprint density at radius 3 is 2.62 bits per heavy atom. The van der Waals surface area contributed by atoms with Crippen molar-refractivity contribution in [1.29, 1.82) is 0 Å². The molecule has 2 aliphatic rings. The molecule has 0 bridgehead atoms. The maximum absolute atomic E-state index is 9.47. The van der Waals surface area contributed by atoms with Gasteiger partial charge in [0, 0.05) is 19.6 Å². The zero-order valence-electron chi connectivity index (χ0n) is 11.9. The standard InChI is InChI=1S/C13H20ClN5O2/c14-11-15-12(18-4-2-1-3-5-18)17-13(16-11)19-6-7-21-9-10(19)8-20/h10,20H,1-9H2. The number of hydrogen-bond acceptors (Lipinski definition) is 7. The van der Waals surface area contributed by atoms with Crippen molar-refractivity contribution in [2.45, 2.75) is 25.3 Å². The molecule has 0 aromatic carbocycles. The van der Waals surface area contributed by atoms with Crippen LogP contribution < -0.4 is 9.80 Å². The number of aromatic nitrogens is 3. The third-order valence-electron chi connectivity index (χ3n) is 3.92. The molecule has 1 aromatic rings. The maximum Gasteiger partial charge on any atom is 0.231 e. The Kier molecular flexibility index (Phi) is 4.72. The SMILES string of the molecule is OCC1COCCN1c1nc(Cl)nc(N2CCCCC2)n1. The summed E-state index contributed by atoms with van der Waals surface area (Å²) in [4.78, 5) is 17.1. The van der Waals surface area contributed by atoms with Crippen LogP contribution >= 0.6 is 11.6 Å². The van der Waals surface area contributed by atoms with Crippen molar-refractivity contribution in [3.8, 4) is 0 Å². The van der Waals surface area contributed by atoms with Crippen molar-refractivity contribution in [3.63, 3.8) is 0 Å². The van der Waals surface area contributed by atoms with Gasteiger partial charge in [-0.3, -0.25) is 0 Å². The molecule has 2 fully saturated rings. The molecule has 0 aliphatic carbocycles. The molecule has 0 spiro atoms. The van der Waals surface area contributed by atoms with Gasteiger partial charge in [0.05, 0.1) is 25.9 Å². The number of anilines is 2. The number of aliphatic hydroxyl groups excluding tert-OH is 1. The molecule has 1 atom stereocenters. The maximum atomic E-state index is 9.47. The van der Waals surface area contributed by atoms with Crippen LogP contribution in [0, 0.1) is 0 Å². The minimum atomic E-state index is -0.133. The first kappa shape index (κ1) is 14.7. The van der Waals surface area contributed by atoms with Gasteiger partial charge >= 0.3 is 0 Å². The lowest BCUT2D eigenvalue weighted by Gasteiger charge is -2.35. The van der Waals surface area contributed by atoms with Crippen LogP contribution in [-0.4, -0.2) is 65.6 Å². The summed E-state index contributed by atoms with van der Waals surface area (Å²) in [6.07, 6.45) is 3.54. The normalized spacial score (nSPS) is 23.4. The molecule has 0 saturated carbocycles. The Morgan fingerprint density at radius 1 is 1.10 bits per heavy atom. The predicted octanol–water partition coefficient (Wildman–Crippen LogP) is 0.713. The number of morpholine rings is 1. The van der Waals surface area contributed by atoms with Gasteiger partial charge in [0.25, 0.3) is 0 Å². The van der Waals surface area contributed by atoms with Crippen molar-refractivity contribution < 1.29 is 9.84 Å². The van der Waals surface area contributed by atoms with E-state index in [9.17, 15) is 5.11 Å². The Morgan fingerprint density at radius 2 is 1.86 bits per heavy atom. The van der Waals surface area contributed by atoms with Gasteiger partial charge in [0.15, 0.2) is 0 Å². The van der Waals surface area contributed by atoms with E-state index in [1.54, 1.807) is 0 Å². The molecule has 8 heteroatoms. The summed E-state index contributed by atoms with van der Waals surface area (Å²) in [5, 5.41) is 9.67. The van der Waals surface area contributed by atoms with Gasteiger partial charge in [-0.15, -0.1) is 0 Å². The molecule has 7 nitrogen and oxygen atoms in total. The van der Waals surface area contributed by atoms with E-state index in [4.69, 9.17) is 16.3 Å². The van der Waals surface area contributed by atoms with Crippen LogP contribution in [0.25, 0.3) is 0 Å². The minimum Gasteiger partial charge on any atom is -0.394 e. The quantitative estimate of drug-likeness (QED) is 0.881. The highest BCUT2D eigenvalue weighted by Gasteiger charge is 2.26. The highest BCUT2D eigenvalue weighted by Crippen LogP contribution is 2.22. The number of ether oxygens (including phenoxy) is 1. The van der Waals surface area contributed by atoms with E-state index in [0.29, 0.717) is 31.7 Å². The molecule has 3 rings (SSSR count). The molecule has 3 heterocycles. The number of halogens is 1. The summed E-state index contributed by atoms with van der Waals surface area (Å²) < 4.78 is 5.39. The van der Waals surface area contributed by atoms with Crippen molar-refractivity contribution in [3.05, 3.63) is 5.28 Å². The van der Waals surface area contributed by atoms with Crippen molar-refractivity contribution >= 4 is 23.5 Å². The number of rotatable bonds is 3. The Balaban J connectivity index is 1.85. The highest BCUT2D eigenvalue weighted by molar-refractivity contribution is 6.28.